The minimum absolute atomic E-state index is 0.175. The zero-order valence-electron chi connectivity index (χ0n) is 8.57. The summed E-state index contributed by atoms with van der Waals surface area (Å²) in [4.78, 5) is 11.6. The fourth-order valence-electron chi connectivity index (χ4n) is 1.16. The summed E-state index contributed by atoms with van der Waals surface area (Å²) in [6.45, 7) is 5.40. The van der Waals surface area contributed by atoms with Crippen molar-refractivity contribution in [1.29, 1.82) is 0 Å². The van der Waals surface area contributed by atoms with Crippen LogP contribution in [0.5, 0.6) is 0 Å². The second-order valence-corrected chi connectivity index (χ2v) is 3.63. The molecule has 1 aromatic carbocycles. The van der Waals surface area contributed by atoms with Crippen LogP contribution in [0, 0.1) is 0 Å². The highest BCUT2D eigenvalue weighted by Crippen LogP contribution is 2.16. The fourth-order valence-corrected chi connectivity index (χ4v) is 1.37. The van der Waals surface area contributed by atoms with E-state index in [-0.39, 0.29) is 6.10 Å². The van der Waals surface area contributed by atoms with Gasteiger partial charge in [-0.1, -0.05) is 29.8 Å². The molecule has 1 unspecified atom stereocenters. The molecule has 0 saturated carbocycles. The lowest BCUT2D eigenvalue weighted by molar-refractivity contribution is 0.0348. The van der Waals surface area contributed by atoms with Crippen molar-refractivity contribution in [3.63, 3.8) is 0 Å². The van der Waals surface area contributed by atoms with Crippen LogP contribution in [-0.4, -0.2) is 12.1 Å². The maximum absolute atomic E-state index is 11.6. The van der Waals surface area contributed by atoms with Crippen LogP contribution in [0.15, 0.2) is 36.9 Å². The Morgan fingerprint density at radius 1 is 1.60 bits per heavy atom. The maximum Gasteiger partial charge on any atom is 0.339 e. The summed E-state index contributed by atoms with van der Waals surface area (Å²) in [5, 5.41) is 0.410. The van der Waals surface area contributed by atoms with Gasteiger partial charge >= 0.3 is 5.97 Å². The summed E-state index contributed by atoms with van der Waals surface area (Å²) in [7, 11) is 0. The number of carbonyl (C=O) groups is 1. The molecule has 0 bridgehead atoms. The van der Waals surface area contributed by atoms with Crippen molar-refractivity contribution in [2.75, 3.05) is 0 Å². The lowest BCUT2D eigenvalue weighted by Crippen LogP contribution is -2.14. The monoisotopic (exact) mass is 224 g/mol. The van der Waals surface area contributed by atoms with Crippen molar-refractivity contribution in [1.82, 2.24) is 0 Å². The molecule has 1 atom stereocenters. The summed E-state index contributed by atoms with van der Waals surface area (Å²) in [5.74, 6) is -0.394. The van der Waals surface area contributed by atoms with Gasteiger partial charge in [-0.15, -0.1) is 6.58 Å². The first kappa shape index (κ1) is 11.8. The number of carbonyl (C=O) groups excluding carboxylic acids is 1. The largest absolute Gasteiger partial charge is 0.459 e. The molecule has 0 heterocycles. The molecule has 80 valence electrons. The molecule has 3 heteroatoms. The average Bonchev–Trinajstić information content (AvgIpc) is 2.18. The molecule has 1 rings (SSSR count). The Morgan fingerprint density at radius 3 is 2.87 bits per heavy atom. The summed E-state index contributed by atoms with van der Waals surface area (Å²) >= 11 is 5.86. The number of rotatable bonds is 4. The molecular formula is C12H13ClO2. The summed E-state index contributed by atoms with van der Waals surface area (Å²) in [6.07, 6.45) is 2.17. The Bertz CT molecular complexity index is 360. The highest BCUT2D eigenvalue weighted by atomic mass is 35.5. The van der Waals surface area contributed by atoms with Crippen molar-refractivity contribution in [3.05, 3.63) is 47.5 Å². The van der Waals surface area contributed by atoms with Crippen LogP contribution in [-0.2, 0) is 4.74 Å². The summed E-state index contributed by atoms with van der Waals surface area (Å²) in [5.41, 5.74) is 0.398. The van der Waals surface area contributed by atoms with Crippen LogP contribution in [0.25, 0.3) is 0 Å². The highest BCUT2D eigenvalue weighted by molar-refractivity contribution is 6.33. The lowest BCUT2D eigenvalue weighted by Gasteiger charge is -2.11. The molecule has 0 radical (unpaired) electrons. The molecule has 0 aliphatic rings. The molecule has 1 aromatic rings. The molecule has 0 spiro atoms. The molecule has 0 aliphatic heterocycles. The number of hydrogen-bond donors (Lipinski definition) is 0. The quantitative estimate of drug-likeness (QED) is 0.578. The number of halogens is 1. The first-order valence-electron chi connectivity index (χ1n) is 4.71. The first-order chi connectivity index (χ1) is 7.15. The average molecular weight is 225 g/mol. The second-order valence-electron chi connectivity index (χ2n) is 3.22. The van der Waals surface area contributed by atoms with E-state index >= 15 is 0 Å². The highest BCUT2D eigenvalue weighted by Gasteiger charge is 2.13. The van der Waals surface area contributed by atoms with Gasteiger partial charge in [0.05, 0.1) is 10.6 Å². The van der Waals surface area contributed by atoms with Crippen LogP contribution >= 0.6 is 11.6 Å². The maximum atomic E-state index is 11.6. The molecular weight excluding hydrogens is 212 g/mol. The van der Waals surface area contributed by atoms with Crippen LogP contribution in [0.4, 0.5) is 0 Å². The van der Waals surface area contributed by atoms with Crippen molar-refractivity contribution >= 4 is 17.6 Å². The van der Waals surface area contributed by atoms with E-state index < -0.39 is 5.97 Å². The van der Waals surface area contributed by atoms with E-state index in [0.717, 1.165) is 0 Å². The number of ether oxygens (including phenoxy) is 1. The van der Waals surface area contributed by atoms with Crippen molar-refractivity contribution in [2.45, 2.75) is 19.4 Å². The standard InChI is InChI=1S/C12H13ClO2/c1-3-6-9(2)15-12(14)10-7-4-5-8-11(10)13/h3-5,7-9H,1,6H2,2H3. The summed E-state index contributed by atoms with van der Waals surface area (Å²) < 4.78 is 5.16. The Kier molecular flexibility index (Phi) is 4.37. The van der Waals surface area contributed by atoms with Crippen LogP contribution in [0.2, 0.25) is 5.02 Å². The minimum atomic E-state index is -0.394. The molecule has 0 saturated heterocycles. The van der Waals surface area contributed by atoms with E-state index in [0.29, 0.717) is 17.0 Å². The Balaban J connectivity index is 2.69. The van der Waals surface area contributed by atoms with E-state index in [9.17, 15) is 4.79 Å². The van der Waals surface area contributed by atoms with Gasteiger partial charge in [0.1, 0.15) is 6.10 Å². The van der Waals surface area contributed by atoms with E-state index in [4.69, 9.17) is 16.3 Å². The zero-order valence-corrected chi connectivity index (χ0v) is 9.33. The van der Waals surface area contributed by atoms with Gasteiger partial charge in [-0.2, -0.15) is 0 Å². The van der Waals surface area contributed by atoms with Gasteiger partial charge in [0.15, 0.2) is 0 Å². The Labute approximate surface area is 94.5 Å². The van der Waals surface area contributed by atoms with Gasteiger partial charge in [-0.25, -0.2) is 4.79 Å². The predicted molar refractivity (Wildman–Crippen MR) is 61.1 cm³/mol. The van der Waals surface area contributed by atoms with Crippen LogP contribution < -0.4 is 0 Å². The molecule has 2 nitrogen and oxygen atoms in total. The molecule has 0 amide bonds. The van der Waals surface area contributed by atoms with E-state index in [1.807, 2.05) is 6.92 Å². The second kappa shape index (κ2) is 5.56. The Morgan fingerprint density at radius 2 is 2.27 bits per heavy atom. The normalized spacial score (nSPS) is 11.9. The van der Waals surface area contributed by atoms with Crippen LogP contribution in [0.1, 0.15) is 23.7 Å². The van der Waals surface area contributed by atoms with E-state index in [2.05, 4.69) is 6.58 Å². The first-order valence-corrected chi connectivity index (χ1v) is 5.09. The van der Waals surface area contributed by atoms with Crippen molar-refractivity contribution < 1.29 is 9.53 Å². The van der Waals surface area contributed by atoms with Crippen LogP contribution in [0.3, 0.4) is 0 Å². The van der Waals surface area contributed by atoms with Crippen molar-refractivity contribution in [2.24, 2.45) is 0 Å². The number of benzene rings is 1. The van der Waals surface area contributed by atoms with Gasteiger partial charge < -0.3 is 4.74 Å². The van der Waals surface area contributed by atoms with Gasteiger partial charge in [0.2, 0.25) is 0 Å². The third-order valence-corrected chi connectivity index (χ3v) is 2.23. The SMILES string of the molecule is C=CCC(C)OC(=O)c1ccccc1Cl. The van der Waals surface area contributed by atoms with E-state index in [1.165, 1.54) is 0 Å². The molecule has 0 fully saturated rings. The molecule has 15 heavy (non-hydrogen) atoms. The fraction of sp³-hybridized carbons (Fsp3) is 0.250. The number of esters is 1. The van der Waals surface area contributed by atoms with Gasteiger partial charge in [0.25, 0.3) is 0 Å². The number of hydrogen-bond acceptors (Lipinski definition) is 2. The molecule has 0 aromatic heterocycles. The van der Waals surface area contributed by atoms with Gasteiger partial charge in [-0.05, 0) is 19.1 Å². The topological polar surface area (TPSA) is 26.3 Å². The summed E-state index contributed by atoms with van der Waals surface area (Å²) in [6, 6.07) is 6.83. The molecule has 0 aliphatic carbocycles. The lowest BCUT2D eigenvalue weighted by atomic mass is 10.2. The zero-order chi connectivity index (χ0) is 11.3. The van der Waals surface area contributed by atoms with Gasteiger partial charge in [-0.3, -0.25) is 0 Å². The predicted octanol–water partition coefficient (Wildman–Crippen LogP) is 3.46. The minimum Gasteiger partial charge on any atom is -0.459 e. The third kappa shape index (κ3) is 3.40. The van der Waals surface area contributed by atoms with E-state index in [1.54, 1.807) is 30.3 Å². The third-order valence-electron chi connectivity index (χ3n) is 1.90. The molecule has 0 N–H and O–H groups in total. The smallest absolute Gasteiger partial charge is 0.339 e. The van der Waals surface area contributed by atoms with Gasteiger partial charge in [0, 0.05) is 6.42 Å². The van der Waals surface area contributed by atoms with Crippen molar-refractivity contribution in [3.8, 4) is 0 Å². The Hall–Kier alpha value is -1.28.